The van der Waals surface area contributed by atoms with Gasteiger partial charge >= 0.3 is 0 Å². The van der Waals surface area contributed by atoms with Gasteiger partial charge in [0.15, 0.2) is 0 Å². The molecule has 2 N–H and O–H groups in total. The summed E-state index contributed by atoms with van der Waals surface area (Å²) in [4.78, 5) is 10.6. The Balaban J connectivity index is 3.07. The van der Waals surface area contributed by atoms with Crippen LogP contribution in [0.5, 0.6) is 0 Å². The van der Waals surface area contributed by atoms with Gasteiger partial charge in [-0.1, -0.05) is 6.92 Å². The SMILES string of the molecule is CCCNCCOCCOCCOCCOCCOCCOCC(F)CNC(C)=O. The quantitative estimate of drug-likeness (QED) is 0.210. The molecule has 0 aromatic heterocycles. The lowest BCUT2D eigenvalue weighted by Crippen LogP contribution is -2.30. The van der Waals surface area contributed by atoms with Gasteiger partial charge in [0.1, 0.15) is 6.17 Å². The maximum Gasteiger partial charge on any atom is 0.216 e. The molecule has 0 aliphatic rings. The van der Waals surface area contributed by atoms with E-state index in [1.165, 1.54) is 6.92 Å². The van der Waals surface area contributed by atoms with Gasteiger partial charge in [-0.25, -0.2) is 4.39 Å². The third-order valence-electron chi connectivity index (χ3n) is 3.58. The number of alkyl halides is 1. The minimum absolute atomic E-state index is 0.0379. The van der Waals surface area contributed by atoms with Crippen LogP contribution in [0.1, 0.15) is 20.3 Å². The average molecular weight is 441 g/mol. The standard InChI is InChI=1S/C20H41FN2O7/c1-3-4-22-5-6-25-7-8-26-9-10-27-11-12-28-13-14-29-15-16-30-18-20(21)17-23-19(2)24/h20,22H,3-18H2,1-2H3,(H,23,24). The Morgan fingerprint density at radius 1 is 0.733 bits per heavy atom. The zero-order valence-corrected chi connectivity index (χ0v) is 18.6. The van der Waals surface area contributed by atoms with E-state index in [1.54, 1.807) is 0 Å². The molecule has 30 heavy (non-hydrogen) atoms. The van der Waals surface area contributed by atoms with Crippen LogP contribution in [0.25, 0.3) is 0 Å². The number of carbonyl (C=O) groups is 1. The minimum Gasteiger partial charge on any atom is -0.378 e. The lowest BCUT2D eigenvalue weighted by atomic mass is 10.4. The van der Waals surface area contributed by atoms with Crippen LogP contribution in [-0.2, 0) is 33.2 Å². The predicted octanol–water partition coefficient (Wildman–Crippen LogP) is 0.560. The molecule has 0 fully saturated rings. The van der Waals surface area contributed by atoms with Crippen LogP contribution in [0.4, 0.5) is 4.39 Å². The zero-order chi connectivity index (χ0) is 22.1. The molecule has 0 radical (unpaired) electrons. The summed E-state index contributed by atoms with van der Waals surface area (Å²) in [6, 6.07) is 0. The second kappa shape index (κ2) is 24.4. The molecule has 0 saturated heterocycles. The van der Waals surface area contributed by atoms with E-state index in [4.69, 9.17) is 28.4 Å². The molecule has 0 spiro atoms. The highest BCUT2D eigenvalue weighted by molar-refractivity contribution is 5.72. The highest BCUT2D eigenvalue weighted by Crippen LogP contribution is 1.91. The molecule has 0 aromatic rings. The summed E-state index contributed by atoms with van der Waals surface area (Å²) in [6.45, 7) is 10.7. The van der Waals surface area contributed by atoms with Crippen LogP contribution >= 0.6 is 0 Å². The lowest BCUT2D eigenvalue weighted by Gasteiger charge is -2.10. The summed E-state index contributed by atoms with van der Waals surface area (Å²) in [5.74, 6) is -0.258. The predicted molar refractivity (Wildman–Crippen MR) is 112 cm³/mol. The van der Waals surface area contributed by atoms with Gasteiger partial charge in [0.2, 0.25) is 5.91 Å². The number of halogens is 1. The number of carbonyl (C=O) groups excluding carboxylic acids is 1. The van der Waals surface area contributed by atoms with Crippen LogP contribution < -0.4 is 10.6 Å². The monoisotopic (exact) mass is 440 g/mol. The molecule has 180 valence electrons. The Hall–Kier alpha value is -0.880. The Morgan fingerprint density at radius 2 is 1.17 bits per heavy atom. The van der Waals surface area contributed by atoms with Gasteiger partial charge in [0.05, 0.1) is 85.8 Å². The normalized spacial score (nSPS) is 12.2. The van der Waals surface area contributed by atoms with Gasteiger partial charge in [-0.2, -0.15) is 0 Å². The Kier molecular flexibility index (Phi) is 23.7. The molecule has 1 amide bonds. The number of rotatable bonds is 24. The Morgan fingerprint density at radius 3 is 1.60 bits per heavy atom. The zero-order valence-electron chi connectivity index (χ0n) is 18.6. The maximum atomic E-state index is 13.3. The van der Waals surface area contributed by atoms with Crippen molar-refractivity contribution in [3.8, 4) is 0 Å². The van der Waals surface area contributed by atoms with E-state index >= 15 is 0 Å². The van der Waals surface area contributed by atoms with Crippen LogP contribution in [0.15, 0.2) is 0 Å². The summed E-state index contributed by atoms with van der Waals surface area (Å²) >= 11 is 0. The largest absolute Gasteiger partial charge is 0.378 e. The molecular weight excluding hydrogens is 399 g/mol. The minimum atomic E-state index is -1.21. The molecule has 9 nitrogen and oxygen atoms in total. The molecule has 0 heterocycles. The van der Waals surface area contributed by atoms with Crippen molar-refractivity contribution in [2.45, 2.75) is 26.4 Å². The van der Waals surface area contributed by atoms with Crippen LogP contribution in [-0.4, -0.2) is 111 Å². The van der Waals surface area contributed by atoms with Crippen molar-refractivity contribution in [2.24, 2.45) is 0 Å². The summed E-state index contributed by atoms with van der Waals surface area (Å²) < 4.78 is 45.3. The molecular formula is C20H41FN2O7. The van der Waals surface area contributed by atoms with E-state index in [0.29, 0.717) is 72.7 Å². The van der Waals surface area contributed by atoms with Gasteiger partial charge in [-0.15, -0.1) is 0 Å². The third kappa shape index (κ3) is 25.2. The summed E-state index contributed by atoms with van der Waals surface area (Å²) in [6.07, 6.45) is -0.0849. The Labute approximate surface area is 180 Å². The van der Waals surface area contributed by atoms with Crippen molar-refractivity contribution in [3.05, 3.63) is 0 Å². The van der Waals surface area contributed by atoms with Gasteiger partial charge in [0.25, 0.3) is 0 Å². The van der Waals surface area contributed by atoms with E-state index in [0.717, 1.165) is 19.5 Å². The van der Waals surface area contributed by atoms with Gasteiger partial charge in [0, 0.05) is 13.5 Å². The third-order valence-corrected chi connectivity index (χ3v) is 3.58. The molecule has 0 saturated carbocycles. The molecule has 0 aliphatic carbocycles. The number of ether oxygens (including phenoxy) is 6. The van der Waals surface area contributed by atoms with E-state index in [-0.39, 0.29) is 19.1 Å². The second-order valence-electron chi connectivity index (χ2n) is 6.42. The summed E-state index contributed by atoms with van der Waals surface area (Å²) in [5.41, 5.74) is 0. The maximum absolute atomic E-state index is 13.3. The van der Waals surface area contributed by atoms with Crippen molar-refractivity contribution in [3.63, 3.8) is 0 Å². The molecule has 0 rings (SSSR count). The first-order valence-corrected chi connectivity index (χ1v) is 10.7. The Bertz CT molecular complexity index is 368. The van der Waals surface area contributed by atoms with E-state index in [2.05, 4.69) is 17.6 Å². The lowest BCUT2D eigenvalue weighted by molar-refractivity contribution is -0.119. The fourth-order valence-electron chi connectivity index (χ4n) is 2.07. The number of nitrogens with one attached hydrogen (secondary N) is 2. The van der Waals surface area contributed by atoms with Crippen LogP contribution in [0, 0.1) is 0 Å². The van der Waals surface area contributed by atoms with Gasteiger partial charge in [-0.05, 0) is 13.0 Å². The molecule has 0 aromatic carbocycles. The molecule has 0 bridgehead atoms. The first-order valence-electron chi connectivity index (χ1n) is 10.7. The topological polar surface area (TPSA) is 96.5 Å². The first-order chi connectivity index (χ1) is 14.7. The molecule has 1 atom stereocenters. The van der Waals surface area contributed by atoms with Gasteiger partial charge in [-0.3, -0.25) is 4.79 Å². The number of amides is 1. The van der Waals surface area contributed by atoms with Gasteiger partial charge < -0.3 is 39.1 Å². The van der Waals surface area contributed by atoms with Crippen molar-refractivity contribution in [1.82, 2.24) is 10.6 Å². The van der Waals surface area contributed by atoms with Crippen molar-refractivity contribution in [2.75, 3.05) is 98.9 Å². The average Bonchev–Trinajstić information content (AvgIpc) is 2.73. The highest BCUT2D eigenvalue weighted by Gasteiger charge is 2.06. The fraction of sp³-hybridized carbons (Fsp3) is 0.950. The van der Waals surface area contributed by atoms with Crippen LogP contribution in [0.3, 0.4) is 0 Å². The molecule has 0 aliphatic heterocycles. The second-order valence-corrected chi connectivity index (χ2v) is 6.42. The number of hydrogen-bond acceptors (Lipinski definition) is 8. The van der Waals surface area contributed by atoms with Crippen molar-refractivity contribution < 1.29 is 37.6 Å². The van der Waals surface area contributed by atoms with E-state index in [9.17, 15) is 9.18 Å². The van der Waals surface area contributed by atoms with E-state index in [1.807, 2.05) is 0 Å². The fourth-order valence-corrected chi connectivity index (χ4v) is 2.07. The van der Waals surface area contributed by atoms with Crippen LogP contribution in [0.2, 0.25) is 0 Å². The summed E-state index contributed by atoms with van der Waals surface area (Å²) in [5, 5.41) is 5.66. The van der Waals surface area contributed by atoms with Crippen molar-refractivity contribution in [1.29, 1.82) is 0 Å². The summed E-state index contributed by atoms with van der Waals surface area (Å²) in [7, 11) is 0. The molecule has 1 unspecified atom stereocenters. The first kappa shape index (κ1) is 29.1. The molecule has 10 heteroatoms. The highest BCUT2D eigenvalue weighted by atomic mass is 19.1. The van der Waals surface area contributed by atoms with Crippen molar-refractivity contribution >= 4 is 5.91 Å². The smallest absolute Gasteiger partial charge is 0.216 e. The number of hydrogen-bond donors (Lipinski definition) is 2. The van der Waals surface area contributed by atoms with E-state index < -0.39 is 6.17 Å².